The highest BCUT2D eigenvalue weighted by atomic mass is 16.2. The minimum Gasteiger partial charge on any atom is -0.349 e. The minimum absolute atomic E-state index is 0.275. The molecule has 0 aliphatic heterocycles. The average Bonchev–Trinajstić information content (AvgIpc) is 2.67. The van der Waals surface area contributed by atoms with Crippen LogP contribution in [0.2, 0.25) is 0 Å². The smallest absolute Gasteiger partial charge is 0.225 e. The molecule has 1 amide bonds. The van der Waals surface area contributed by atoms with Crippen molar-refractivity contribution in [2.24, 2.45) is 11.8 Å². The van der Waals surface area contributed by atoms with E-state index >= 15 is 0 Å². The second-order valence-corrected chi connectivity index (χ2v) is 3.36. The predicted molar refractivity (Wildman–Crippen MR) is 45.1 cm³/mol. The number of amides is 1. The Balaban J connectivity index is 2.31. The van der Waals surface area contributed by atoms with Crippen LogP contribution in [0.3, 0.4) is 0 Å². The van der Waals surface area contributed by atoms with Gasteiger partial charge in [0.25, 0.3) is 0 Å². The molecular weight excluding hydrogens is 138 g/mol. The molecule has 2 nitrogen and oxygen atoms in total. The molecule has 0 heterocycles. The summed E-state index contributed by atoms with van der Waals surface area (Å²) >= 11 is 0. The Labute approximate surface area is 67.9 Å². The summed E-state index contributed by atoms with van der Waals surface area (Å²) in [6.45, 7) is 3.65. The van der Waals surface area contributed by atoms with Crippen LogP contribution in [-0.4, -0.2) is 24.9 Å². The van der Waals surface area contributed by atoms with Gasteiger partial charge < -0.3 is 4.90 Å². The molecule has 2 heteroatoms. The lowest BCUT2D eigenvalue weighted by atomic mass is 10.2. The van der Waals surface area contributed by atoms with Crippen molar-refractivity contribution in [1.29, 1.82) is 0 Å². The van der Waals surface area contributed by atoms with Crippen LogP contribution in [-0.2, 0) is 4.79 Å². The average molecular weight is 153 g/mol. The van der Waals surface area contributed by atoms with E-state index in [1.165, 1.54) is 0 Å². The lowest BCUT2D eigenvalue weighted by Crippen LogP contribution is -2.23. The fourth-order valence-corrected chi connectivity index (χ4v) is 1.36. The first kappa shape index (κ1) is 8.31. The van der Waals surface area contributed by atoms with E-state index in [4.69, 9.17) is 0 Å². The Kier molecular flexibility index (Phi) is 2.32. The normalized spacial score (nSPS) is 27.8. The molecule has 11 heavy (non-hydrogen) atoms. The van der Waals surface area contributed by atoms with Crippen LogP contribution in [0.5, 0.6) is 0 Å². The van der Waals surface area contributed by atoms with Gasteiger partial charge in [-0.25, -0.2) is 0 Å². The van der Waals surface area contributed by atoms with Gasteiger partial charge in [-0.05, 0) is 18.8 Å². The topological polar surface area (TPSA) is 20.3 Å². The fraction of sp³-hybridized carbons (Fsp3) is 0.667. The highest BCUT2D eigenvalue weighted by Gasteiger charge is 2.42. The van der Waals surface area contributed by atoms with Crippen LogP contribution in [0, 0.1) is 11.8 Å². The van der Waals surface area contributed by atoms with E-state index in [0.717, 1.165) is 12.8 Å². The standard InChI is InChI=1S/C9H15NO/c1-4-5-7-6-8(7)9(11)10(2)3/h4,7-8H,1,5-6H2,2-3H3/t7-,8-/m1/s1. The molecule has 1 fully saturated rings. The number of hydrogen-bond acceptors (Lipinski definition) is 1. The van der Waals surface area contributed by atoms with E-state index < -0.39 is 0 Å². The van der Waals surface area contributed by atoms with Crippen molar-refractivity contribution in [2.45, 2.75) is 12.8 Å². The number of rotatable bonds is 3. The van der Waals surface area contributed by atoms with Crippen LogP contribution in [0.25, 0.3) is 0 Å². The van der Waals surface area contributed by atoms with Crippen LogP contribution in [0.15, 0.2) is 12.7 Å². The fourth-order valence-electron chi connectivity index (χ4n) is 1.36. The summed E-state index contributed by atoms with van der Waals surface area (Å²) in [5.74, 6) is 1.15. The highest BCUT2D eigenvalue weighted by molar-refractivity contribution is 5.81. The molecule has 1 aliphatic carbocycles. The SMILES string of the molecule is C=CC[C@@H]1C[C@H]1C(=O)N(C)C. The van der Waals surface area contributed by atoms with Gasteiger partial charge in [-0.3, -0.25) is 4.79 Å². The molecule has 0 unspecified atom stereocenters. The van der Waals surface area contributed by atoms with Gasteiger partial charge in [0.1, 0.15) is 0 Å². The van der Waals surface area contributed by atoms with Crippen molar-refractivity contribution in [2.75, 3.05) is 14.1 Å². The van der Waals surface area contributed by atoms with E-state index in [1.54, 1.807) is 4.90 Å². The minimum atomic E-state index is 0.275. The molecule has 1 saturated carbocycles. The van der Waals surface area contributed by atoms with Crippen molar-refractivity contribution in [3.05, 3.63) is 12.7 Å². The van der Waals surface area contributed by atoms with E-state index in [-0.39, 0.29) is 5.91 Å². The van der Waals surface area contributed by atoms with Gasteiger partial charge in [-0.15, -0.1) is 6.58 Å². The third kappa shape index (κ3) is 1.82. The monoisotopic (exact) mass is 153 g/mol. The summed E-state index contributed by atoms with van der Waals surface area (Å²) in [5.41, 5.74) is 0. The summed E-state index contributed by atoms with van der Waals surface area (Å²) in [4.78, 5) is 13.0. The molecule has 0 bridgehead atoms. The highest BCUT2D eigenvalue weighted by Crippen LogP contribution is 2.42. The molecule has 0 saturated heterocycles. The zero-order valence-corrected chi connectivity index (χ0v) is 7.21. The molecule has 1 aliphatic rings. The summed E-state index contributed by atoms with van der Waals surface area (Å²) in [6.07, 6.45) is 3.95. The largest absolute Gasteiger partial charge is 0.349 e. The van der Waals surface area contributed by atoms with Gasteiger partial charge in [0, 0.05) is 20.0 Å². The third-order valence-corrected chi connectivity index (χ3v) is 2.15. The summed E-state index contributed by atoms with van der Waals surface area (Å²) in [6, 6.07) is 0. The molecule has 0 radical (unpaired) electrons. The first-order valence-electron chi connectivity index (χ1n) is 3.99. The van der Waals surface area contributed by atoms with Gasteiger partial charge in [0.15, 0.2) is 0 Å². The molecule has 1 rings (SSSR count). The van der Waals surface area contributed by atoms with Gasteiger partial charge in [0.2, 0.25) is 5.91 Å². The van der Waals surface area contributed by atoms with Crippen LogP contribution in [0.4, 0.5) is 0 Å². The van der Waals surface area contributed by atoms with Crippen LogP contribution in [0.1, 0.15) is 12.8 Å². The first-order chi connectivity index (χ1) is 5.16. The summed E-state index contributed by atoms with van der Waals surface area (Å²) < 4.78 is 0. The van der Waals surface area contributed by atoms with Gasteiger partial charge in [0.05, 0.1) is 0 Å². The van der Waals surface area contributed by atoms with Gasteiger partial charge in [-0.1, -0.05) is 6.08 Å². The molecule has 0 aromatic rings. The first-order valence-corrected chi connectivity index (χ1v) is 3.99. The Bertz CT molecular complexity index is 174. The summed E-state index contributed by atoms with van der Waals surface area (Å²) in [7, 11) is 3.62. The lowest BCUT2D eigenvalue weighted by molar-refractivity contribution is -0.130. The Hall–Kier alpha value is -0.790. The van der Waals surface area contributed by atoms with Crippen molar-refractivity contribution < 1.29 is 4.79 Å². The quantitative estimate of drug-likeness (QED) is 0.559. The molecule has 0 N–H and O–H groups in total. The molecule has 62 valence electrons. The van der Waals surface area contributed by atoms with E-state index in [1.807, 2.05) is 20.2 Å². The van der Waals surface area contributed by atoms with E-state index in [0.29, 0.717) is 11.8 Å². The summed E-state index contributed by atoms with van der Waals surface area (Å²) in [5, 5.41) is 0. The lowest BCUT2D eigenvalue weighted by Gasteiger charge is -2.08. The molecule has 0 spiro atoms. The van der Waals surface area contributed by atoms with Crippen LogP contribution < -0.4 is 0 Å². The second-order valence-electron chi connectivity index (χ2n) is 3.36. The second kappa shape index (κ2) is 3.07. The molecule has 0 aromatic carbocycles. The van der Waals surface area contributed by atoms with Crippen LogP contribution >= 0.6 is 0 Å². The Morgan fingerprint density at radius 1 is 1.73 bits per heavy atom. The molecule has 2 atom stereocenters. The number of nitrogens with zero attached hydrogens (tertiary/aromatic N) is 1. The van der Waals surface area contributed by atoms with Crippen molar-refractivity contribution in [3.8, 4) is 0 Å². The zero-order chi connectivity index (χ0) is 8.43. The van der Waals surface area contributed by atoms with Gasteiger partial charge >= 0.3 is 0 Å². The molecular formula is C9H15NO. The van der Waals surface area contributed by atoms with Crippen molar-refractivity contribution >= 4 is 5.91 Å². The third-order valence-electron chi connectivity index (χ3n) is 2.15. The Morgan fingerprint density at radius 2 is 2.36 bits per heavy atom. The predicted octanol–water partition coefficient (Wildman–Crippen LogP) is 1.29. The van der Waals surface area contributed by atoms with Crippen molar-refractivity contribution in [3.63, 3.8) is 0 Å². The van der Waals surface area contributed by atoms with E-state index in [2.05, 4.69) is 6.58 Å². The maximum atomic E-state index is 11.3. The Morgan fingerprint density at radius 3 is 2.82 bits per heavy atom. The maximum absolute atomic E-state index is 11.3. The molecule has 0 aromatic heterocycles. The van der Waals surface area contributed by atoms with Crippen molar-refractivity contribution in [1.82, 2.24) is 4.90 Å². The number of hydrogen-bond donors (Lipinski definition) is 0. The number of carbonyl (C=O) groups is 1. The van der Waals surface area contributed by atoms with Gasteiger partial charge in [-0.2, -0.15) is 0 Å². The number of carbonyl (C=O) groups excluding carboxylic acids is 1. The zero-order valence-electron chi connectivity index (χ0n) is 7.21. The number of allylic oxidation sites excluding steroid dienone is 1. The van der Waals surface area contributed by atoms with E-state index in [9.17, 15) is 4.79 Å². The maximum Gasteiger partial charge on any atom is 0.225 e.